The van der Waals surface area contributed by atoms with Crippen LogP contribution in [0.2, 0.25) is 0 Å². The van der Waals surface area contributed by atoms with Gasteiger partial charge in [0, 0.05) is 0 Å². The molecule has 0 N–H and O–H groups in total. The van der Waals surface area contributed by atoms with E-state index in [4.69, 9.17) is 0 Å². The van der Waals surface area contributed by atoms with Gasteiger partial charge in [-0.25, -0.2) is 0 Å². The molecule has 0 heterocycles. The highest BCUT2D eigenvalue weighted by molar-refractivity contribution is 4.98. The third-order valence-electron chi connectivity index (χ3n) is 3.21. The van der Waals surface area contributed by atoms with Crippen LogP contribution in [-0.2, 0) is 0 Å². The van der Waals surface area contributed by atoms with E-state index in [1.807, 2.05) is 13.8 Å². The maximum absolute atomic E-state index is 2.40. The summed E-state index contributed by atoms with van der Waals surface area (Å²) in [7, 11) is 0. The lowest BCUT2D eigenvalue weighted by Crippen LogP contribution is -2.49. The van der Waals surface area contributed by atoms with Crippen molar-refractivity contribution in [1.82, 2.24) is 0 Å². The van der Waals surface area contributed by atoms with Gasteiger partial charge in [0.25, 0.3) is 0 Å². The van der Waals surface area contributed by atoms with Crippen LogP contribution in [0, 0.1) is 23.7 Å². The second-order valence-electron chi connectivity index (χ2n) is 3.76. The third kappa shape index (κ3) is 0.980. The third-order valence-corrected chi connectivity index (χ3v) is 3.21. The monoisotopic (exact) mass is 140 g/mol. The highest BCUT2D eigenvalue weighted by atomic mass is 14.5. The predicted molar refractivity (Wildman–Crippen MR) is 45.9 cm³/mol. The van der Waals surface area contributed by atoms with Crippen molar-refractivity contribution in [3.63, 3.8) is 0 Å². The molecule has 10 heavy (non-hydrogen) atoms. The van der Waals surface area contributed by atoms with Crippen LogP contribution in [-0.4, -0.2) is 0 Å². The van der Waals surface area contributed by atoms with Crippen LogP contribution in [0.5, 0.6) is 0 Å². The van der Waals surface area contributed by atoms with Crippen LogP contribution in [0.3, 0.4) is 0 Å². The van der Waals surface area contributed by atoms with Crippen molar-refractivity contribution in [3.8, 4) is 0 Å². The zero-order valence-corrected chi connectivity index (χ0v) is 7.72. The number of hydrogen-bond acceptors (Lipinski definition) is 0. The van der Waals surface area contributed by atoms with Gasteiger partial charge >= 0.3 is 0 Å². The van der Waals surface area contributed by atoms with Crippen LogP contribution >= 0.6 is 0 Å². The molecule has 2 unspecified atom stereocenters. The van der Waals surface area contributed by atoms with Gasteiger partial charge in [-0.15, -0.1) is 0 Å². The molecule has 0 nitrogen and oxygen atoms in total. The Bertz CT molecular complexity index is 87.9. The van der Waals surface area contributed by atoms with E-state index in [1.165, 1.54) is 18.8 Å². The van der Waals surface area contributed by atoms with Gasteiger partial charge < -0.3 is 0 Å². The van der Waals surface area contributed by atoms with Gasteiger partial charge in [-0.05, 0) is 36.5 Å². The minimum absolute atomic E-state index is 1.07. The van der Waals surface area contributed by atoms with Crippen molar-refractivity contribution in [1.29, 1.82) is 0 Å². The number of rotatable bonds is 0. The average Bonchev–Trinajstić information content (AvgIpc) is 1.89. The molecule has 0 spiro atoms. The molecule has 2 aliphatic carbocycles. The Labute approximate surface area is 65.0 Å². The van der Waals surface area contributed by atoms with Gasteiger partial charge in [0.15, 0.2) is 0 Å². The van der Waals surface area contributed by atoms with Crippen molar-refractivity contribution in [3.05, 3.63) is 0 Å². The maximum Gasteiger partial charge on any atom is -0.0334 e. The Kier molecular flexibility index (Phi) is 2.38. The van der Waals surface area contributed by atoms with E-state index in [-0.39, 0.29) is 0 Å². The lowest BCUT2D eigenvalue weighted by atomic mass is 9.49. The van der Waals surface area contributed by atoms with Crippen LogP contribution in [0.25, 0.3) is 0 Å². The molecule has 0 saturated heterocycles. The summed E-state index contributed by atoms with van der Waals surface area (Å²) in [6, 6.07) is 0. The molecule has 2 atom stereocenters. The molecule has 0 heteroatoms. The van der Waals surface area contributed by atoms with Crippen molar-refractivity contribution < 1.29 is 0 Å². The van der Waals surface area contributed by atoms with Gasteiger partial charge in [-0.3, -0.25) is 0 Å². The molecular formula is C10H20. The van der Waals surface area contributed by atoms with Crippen LogP contribution < -0.4 is 0 Å². The molecule has 60 valence electrons. The topological polar surface area (TPSA) is 0 Å². The summed E-state index contributed by atoms with van der Waals surface area (Å²) in [6.07, 6.45) is 3.07. The highest BCUT2D eigenvalue weighted by Crippen LogP contribution is 2.57. The minimum atomic E-state index is 1.07. The fraction of sp³-hybridized carbons (Fsp3) is 1.00. The van der Waals surface area contributed by atoms with Gasteiger partial charge in [-0.2, -0.15) is 0 Å². The molecule has 0 bridgehead atoms. The zero-order chi connectivity index (χ0) is 7.72. The molecule has 2 saturated carbocycles. The summed E-state index contributed by atoms with van der Waals surface area (Å²) in [6.45, 7) is 8.80. The van der Waals surface area contributed by atoms with Gasteiger partial charge in [0.1, 0.15) is 0 Å². The normalized spacial score (nSPS) is 49.2. The second-order valence-corrected chi connectivity index (χ2v) is 3.76. The molecule has 0 radical (unpaired) electrons. The maximum atomic E-state index is 2.40. The second kappa shape index (κ2) is 2.94. The van der Waals surface area contributed by atoms with Crippen molar-refractivity contribution in [2.45, 2.75) is 40.5 Å². The smallest absolute Gasteiger partial charge is 0.0334 e. The molecule has 0 aromatic rings. The van der Waals surface area contributed by atoms with E-state index in [1.54, 1.807) is 0 Å². The summed E-state index contributed by atoms with van der Waals surface area (Å²) in [5, 5.41) is 0. The Morgan fingerprint density at radius 3 is 1.40 bits per heavy atom. The van der Waals surface area contributed by atoms with Crippen molar-refractivity contribution >= 4 is 0 Å². The quantitative estimate of drug-likeness (QED) is 0.484. The number of hydrogen-bond donors (Lipinski definition) is 0. The fourth-order valence-electron chi connectivity index (χ4n) is 2.78. The molecule has 0 amide bonds. The van der Waals surface area contributed by atoms with E-state index in [2.05, 4.69) is 13.8 Å². The lowest BCUT2D eigenvalue weighted by Gasteiger charge is -2.56. The van der Waals surface area contributed by atoms with Gasteiger partial charge in [0.05, 0.1) is 0 Å². The Morgan fingerprint density at radius 1 is 0.900 bits per heavy atom. The van der Waals surface area contributed by atoms with E-state index >= 15 is 0 Å². The highest BCUT2D eigenvalue weighted by Gasteiger charge is 2.49. The Hall–Kier alpha value is 0. The summed E-state index contributed by atoms with van der Waals surface area (Å²) in [5.74, 6) is 4.46. The largest absolute Gasteiger partial charge is 0.0683 e. The lowest BCUT2D eigenvalue weighted by molar-refractivity contribution is -0.0714. The first-order chi connectivity index (χ1) is 4.79. The summed E-state index contributed by atoms with van der Waals surface area (Å²) >= 11 is 0. The minimum Gasteiger partial charge on any atom is -0.0683 e. The summed E-state index contributed by atoms with van der Waals surface area (Å²) in [4.78, 5) is 0. The molecule has 2 rings (SSSR count). The van der Waals surface area contributed by atoms with Crippen LogP contribution in [0.15, 0.2) is 0 Å². The zero-order valence-electron chi connectivity index (χ0n) is 7.72. The SMILES string of the molecule is CC.CC1CC2CC(C)C12. The van der Waals surface area contributed by atoms with Crippen molar-refractivity contribution in [2.24, 2.45) is 23.7 Å². The van der Waals surface area contributed by atoms with Crippen molar-refractivity contribution in [2.75, 3.05) is 0 Å². The van der Waals surface area contributed by atoms with E-state index < -0.39 is 0 Å². The summed E-state index contributed by atoms with van der Waals surface area (Å²) < 4.78 is 0. The fourth-order valence-corrected chi connectivity index (χ4v) is 2.78. The molecule has 2 fully saturated rings. The predicted octanol–water partition coefficient (Wildman–Crippen LogP) is 3.32. The Balaban J connectivity index is 0.000000231. The molecule has 2 aliphatic rings. The van der Waals surface area contributed by atoms with E-state index in [0.717, 1.165) is 17.8 Å². The molecular weight excluding hydrogens is 120 g/mol. The molecule has 0 aromatic heterocycles. The molecule has 0 aromatic carbocycles. The van der Waals surface area contributed by atoms with Crippen LogP contribution in [0.1, 0.15) is 40.5 Å². The summed E-state index contributed by atoms with van der Waals surface area (Å²) in [5.41, 5.74) is 0. The molecule has 0 aliphatic heterocycles. The first kappa shape index (κ1) is 8.10. The van der Waals surface area contributed by atoms with Crippen LogP contribution in [0.4, 0.5) is 0 Å². The standard InChI is InChI=1S/C8H14.C2H6/c1-5-3-7-4-6(2)8(5)7;1-2/h5-8H,3-4H2,1-2H3;1-2H3. The van der Waals surface area contributed by atoms with E-state index in [9.17, 15) is 0 Å². The first-order valence-corrected chi connectivity index (χ1v) is 4.79. The van der Waals surface area contributed by atoms with Gasteiger partial charge in [-0.1, -0.05) is 27.7 Å². The Morgan fingerprint density at radius 2 is 1.30 bits per heavy atom. The number of fused-ring (bicyclic) bond motifs is 1. The van der Waals surface area contributed by atoms with Gasteiger partial charge in [0.2, 0.25) is 0 Å². The first-order valence-electron chi connectivity index (χ1n) is 4.79. The van der Waals surface area contributed by atoms with E-state index in [0.29, 0.717) is 0 Å². The average molecular weight is 140 g/mol.